The van der Waals surface area contributed by atoms with Crippen LogP contribution in [0.1, 0.15) is 85.5 Å². The standard InChI is InChI=1S/C15H30/c1-14(2,3)15(4)12-10-8-6-5-7-9-11-13-15/h5-13H2,1-4H3. The molecule has 0 spiro atoms. The molecule has 1 aliphatic rings. The lowest BCUT2D eigenvalue weighted by Gasteiger charge is -2.43. The molecule has 0 aromatic carbocycles. The van der Waals surface area contributed by atoms with E-state index in [9.17, 15) is 0 Å². The summed E-state index contributed by atoms with van der Waals surface area (Å²) in [5, 5.41) is 0. The molecule has 0 heteroatoms. The monoisotopic (exact) mass is 210 g/mol. The lowest BCUT2D eigenvalue weighted by Crippen LogP contribution is -2.33. The van der Waals surface area contributed by atoms with Gasteiger partial charge in [-0.15, -0.1) is 0 Å². The van der Waals surface area contributed by atoms with E-state index in [0.717, 1.165) is 0 Å². The summed E-state index contributed by atoms with van der Waals surface area (Å²) in [6.07, 6.45) is 13.1. The molecule has 0 bridgehead atoms. The molecule has 0 radical (unpaired) electrons. The summed E-state index contributed by atoms with van der Waals surface area (Å²) in [5.41, 5.74) is 1.05. The van der Waals surface area contributed by atoms with Crippen molar-refractivity contribution >= 4 is 0 Å². The molecule has 1 saturated carbocycles. The van der Waals surface area contributed by atoms with Crippen molar-refractivity contribution in [2.45, 2.75) is 85.5 Å². The molecule has 1 rings (SSSR count). The van der Waals surface area contributed by atoms with E-state index in [-0.39, 0.29) is 0 Å². The Balaban J connectivity index is 2.58. The van der Waals surface area contributed by atoms with Gasteiger partial charge in [-0.25, -0.2) is 0 Å². The summed E-state index contributed by atoms with van der Waals surface area (Å²) in [6.45, 7) is 9.81. The fraction of sp³-hybridized carbons (Fsp3) is 1.00. The van der Waals surface area contributed by atoms with E-state index in [1.165, 1.54) is 57.8 Å². The lowest BCUT2D eigenvalue weighted by molar-refractivity contribution is 0.0762. The molecule has 0 nitrogen and oxygen atoms in total. The van der Waals surface area contributed by atoms with Gasteiger partial charge >= 0.3 is 0 Å². The highest BCUT2D eigenvalue weighted by molar-refractivity contribution is 4.86. The first kappa shape index (κ1) is 13.1. The van der Waals surface area contributed by atoms with Gasteiger partial charge in [0.2, 0.25) is 0 Å². The SMILES string of the molecule is CC(C)(C)C1(C)CCCCCCCCC1. The summed E-state index contributed by atoms with van der Waals surface area (Å²) in [6, 6.07) is 0. The zero-order valence-electron chi connectivity index (χ0n) is 11.4. The van der Waals surface area contributed by atoms with Crippen LogP contribution in [0, 0.1) is 10.8 Å². The maximum Gasteiger partial charge on any atom is -0.0277 e. The largest absolute Gasteiger partial charge is 0.0597 e. The van der Waals surface area contributed by atoms with Crippen LogP contribution < -0.4 is 0 Å². The summed E-state index contributed by atoms with van der Waals surface area (Å²) in [4.78, 5) is 0. The Morgan fingerprint density at radius 1 is 0.667 bits per heavy atom. The third-order valence-corrected chi connectivity index (χ3v) is 4.77. The average molecular weight is 210 g/mol. The summed E-state index contributed by atoms with van der Waals surface area (Å²) in [7, 11) is 0. The molecule has 0 amide bonds. The van der Waals surface area contributed by atoms with Crippen LogP contribution in [0.4, 0.5) is 0 Å². The van der Waals surface area contributed by atoms with Crippen molar-refractivity contribution in [2.75, 3.05) is 0 Å². The van der Waals surface area contributed by atoms with E-state index in [4.69, 9.17) is 0 Å². The van der Waals surface area contributed by atoms with Gasteiger partial charge in [0.05, 0.1) is 0 Å². The molecular formula is C15H30. The minimum atomic E-state index is 0.478. The van der Waals surface area contributed by atoms with Crippen LogP contribution in [-0.2, 0) is 0 Å². The predicted molar refractivity (Wildman–Crippen MR) is 69.1 cm³/mol. The molecule has 0 aromatic rings. The first-order chi connectivity index (χ1) is 6.96. The molecular weight excluding hydrogens is 180 g/mol. The average Bonchev–Trinajstić information content (AvgIpc) is 2.14. The van der Waals surface area contributed by atoms with Gasteiger partial charge in [-0.3, -0.25) is 0 Å². The van der Waals surface area contributed by atoms with Crippen LogP contribution in [0.2, 0.25) is 0 Å². The fourth-order valence-corrected chi connectivity index (χ4v) is 2.79. The maximum atomic E-state index is 2.52. The third kappa shape index (κ3) is 3.81. The Hall–Kier alpha value is 0. The highest BCUT2D eigenvalue weighted by atomic mass is 14.4. The van der Waals surface area contributed by atoms with Crippen molar-refractivity contribution in [3.05, 3.63) is 0 Å². The lowest BCUT2D eigenvalue weighted by atomic mass is 9.62. The van der Waals surface area contributed by atoms with Gasteiger partial charge < -0.3 is 0 Å². The summed E-state index contributed by atoms with van der Waals surface area (Å²) in [5.74, 6) is 0. The zero-order valence-corrected chi connectivity index (χ0v) is 11.4. The first-order valence-electron chi connectivity index (χ1n) is 6.96. The number of rotatable bonds is 0. The van der Waals surface area contributed by atoms with Crippen LogP contribution in [0.5, 0.6) is 0 Å². The molecule has 90 valence electrons. The molecule has 0 unspecified atom stereocenters. The third-order valence-electron chi connectivity index (χ3n) is 4.77. The highest BCUT2D eigenvalue weighted by Crippen LogP contribution is 2.46. The van der Waals surface area contributed by atoms with Gasteiger partial charge in [-0.05, 0) is 23.7 Å². The molecule has 0 N–H and O–H groups in total. The molecule has 0 heterocycles. The topological polar surface area (TPSA) is 0 Å². The van der Waals surface area contributed by atoms with Crippen LogP contribution in [0.25, 0.3) is 0 Å². The minimum absolute atomic E-state index is 0.478. The summed E-state index contributed by atoms with van der Waals surface area (Å²) < 4.78 is 0. The molecule has 0 aliphatic heterocycles. The molecule has 0 aromatic heterocycles. The van der Waals surface area contributed by atoms with Crippen LogP contribution in [0.3, 0.4) is 0 Å². The van der Waals surface area contributed by atoms with Crippen molar-refractivity contribution in [3.8, 4) is 0 Å². The molecule has 1 aliphatic carbocycles. The zero-order chi connectivity index (χ0) is 11.4. The van der Waals surface area contributed by atoms with E-state index in [0.29, 0.717) is 10.8 Å². The Kier molecular flexibility index (Phi) is 4.67. The summed E-state index contributed by atoms with van der Waals surface area (Å²) >= 11 is 0. The van der Waals surface area contributed by atoms with Crippen molar-refractivity contribution in [1.29, 1.82) is 0 Å². The molecule has 15 heavy (non-hydrogen) atoms. The maximum absolute atomic E-state index is 2.52. The second-order valence-corrected chi connectivity index (χ2v) is 6.79. The van der Waals surface area contributed by atoms with Crippen LogP contribution in [-0.4, -0.2) is 0 Å². The Morgan fingerprint density at radius 3 is 1.33 bits per heavy atom. The van der Waals surface area contributed by atoms with E-state index in [1.807, 2.05) is 0 Å². The Bertz CT molecular complexity index is 163. The Morgan fingerprint density at radius 2 is 1.00 bits per heavy atom. The number of hydrogen-bond donors (Lipinski definition) is 0. The second-order valence-electron chi connectivity index (χ2n) is 6.79. The Labute approximate surface area is 96.8 Å². The smallest absolute Gasteiger partial charge is 0.0277 e. The van der Waals surface area contributed by atoms with Crippen molar-refractivity contribution in [2.24, 2.45) is 10.8 Å². The minimum Gasteiger partial charge on any atom is -0.0597 e. The van der Waals surface area contributed by atoms with E-state index in [2.05, 4.69) is 27.7 Å². The molecule has 0 saturated heterocycles. The fourth-order valence-electron chi connectivity index (χ4n) is 2.79. The first-order valence-corrected chi connectivity index (χ1v) is 6.96. The van der Waals surface area contributed by atoms with Gasteiger partial charge in [0.1, 0.15) is 0 Å². The van der Waals surface area contributed by atoms with E-state index >= 15 is 0 Å². The second kappa shape index (κ2) is 5.37. The molecule has 0 atom stereocenters. The van der Waals surface area contributed by atoms with Gasteiger partial charge in [-0.1, -0.05) is 72.6 Å². The highest BCUT2D eigenvalue weighted by Gasteiger charge is 2.36. The van der Waals surface area contributed by atoms with Gasteiger partial charge in [0.25, 0.3) is 0 Å². The van der Waals surface area contributed by atoms with Gasteiger partial charge in [-0.2, -0.15) is 0 Å². The van der Waals surface area contributed by atoms with Crippen molar-refractivity contribution in [1.82, 2.24) is 0 Å². The van der Waals surface area contributed by atoms with Crippen molar-refractivity contribution < 1.29 is 0 Å². The predicted octanol–water partition coefficient (Wildman–Crippen LogP) is 5.56. The molecule has 1 fully saturated rings. The van der Waals surface area contributed by atoms with Gasteiger partial charge in [0.15, 0.2) is 0 Å². The van der Waals surface area contributed by atoms with Crippen molar-refractivity contribution in [3.63, 3.8) is 0 Å². The van der Waals surface area contributed by atoms with E-state index in [1.54, 1.807) is 0 Å². The normalized spacial score (nSPS) is 24.8. The van der Waals surface area contributed by atoms with Crippen LogP contribution >= 0.6 is 0 Å². The number of hydrogen-bond acceptors (Lipinski definition) is 0. The van der Waals surface area contributed by atoms with Gasteiger partial charge in [0, 0.05) is 0 Å². The van der Waals surface area contributed by atoms with Crippen LogP contribution in [0.15, 0.2) is 0 Å². The quantitative estimate of drug-likeness (QED) is 0.491. The van der Waals surface area contributed by atoms with E-state index < -0.39 is 0 Å².